The highest BCUT2D eigenvalue weighted by atomic mass is 32.2. The van der Waals surface area contributed by atoms with Gasteiger partial charge >= 0.3 is 0 Å². The molecule has 2 aromatic carbocycles. The summed E-state index contributed by atoms with van der Waals surface area (Å²) in [5.41, 5.74) is 1.74. The maximum absolute atomic E-state index is 12.6. The molecular weight excluding hydrogens is 420 g/mol. The van der Waals surface area contributed by atoms with Gasteiger partial charge in [0.05, 0.1) is 16.4 Å². The van der Waals surface area contributed by atoms with Crippen molar-refractivity contribution in [3.63, 3.8) is 0 Å². The topological polar surface area (TPSA) is 116 Å². The minimum atomic E-state index is -4.20. The summed E-state index contributed by atoms with van der Waals surface area (Å²) in [7, 11) is -8.39. The van der Waals surface area contributed by atoms with E-state index in [0.29, 0.717) is 0 Å². The molecule has 2 aromatic rings. The van der Waals surface area contributed by atoms with Gasteiger partial charge in [-0.25, -0.2) is 0 Å². The van der Waals surface area contributed by atoms with E-state index in [1.807, 2.05) is 13.8 Å². The molecule has 0 saturated carbocycles. The Kier molecular flexibility index (Phi) is 6.42. The zero-order valence-electron chi connectivity index (χ0n) is 15.9. The van der Waals surface area contributed by atoms with Crippen molar-refractivity contribution >= 4 is 20.2 Å². The van der Waals surface area contributed by atoms with Crippen molar-refractivity contribution in [1.82, 2.24) is 0 Å². The molecule has 1 aliphatic rings. The van der Waals surface area contributed by atoms with Gasteiger partial charge in [0, 0.05) is 6.42 Å². The van der Waals surface area contributed by atoms with Crippen LogP contribution >= 0.6 is 0 Å². The first-order valence-corrected chi connectivity index (χ1v) is 11.7. The summed E-state index contributed by atoms with van der Waals surface area (Å²) in [5, 5.41) is 9.75. The molecule has 10 heteroatoms. The summed E-state index contributed by atoms with van der Waals surface area (Å²) >= 11 is 0. The standard InChI is InChI=1S/C19H22O8S2/c1-13-3-7-15(8-4-13)28(21,22)26-17-11-19(20)25-12-18(17)27-29(23,24)16-9-5-14(2)6-10-16/h3-10,17-20H,11-12H2,1-2H3/t17-,18+,19+/m0/s1. The van der Waals surface area contributed by atoms with Gasteiger partial charge in [-0.15, -0.1) is 0 Å². The lowest BCUT2D eigenvalue weighted by Crippen LogP contribution is -2.46. The van der Waals surface area contributed by atoms with E-state index in [2.05, 4.69) is 0 Å². The number of rotatable bonds is 6. The van der Waals surface area contributed by atoms with E-state index >= 15 is 0 Å². The molecule has 3 atom stereocenters. The Balaban J connectivity index is 1.82. The number of hydrogen-bond acceptors (Lipinski definition) is 8. The maximum atomic E-state index is 12.6. The van der Waals surface area contributed by atoms with Crippen LogP contribution in [0.2, 0.25) is 0 Å². The summed E-state index contributed by atoms with van der Waals surface area (Å²) < 4.78 is 65.8. The highest BCUT2D eigenvalue weighted by Crippen LogP contribution is 2.27. The minimum absolute atomic E-state index is 0.0747. The van der Waals surface area contributed by atoms with E-state index in [0.717, 1.165) is 11.1 Å². The van der Waals surface area contributed by atoms with Crippen LogP contribution in [0.25, 0.3) is 0 Å². The molecule has 29 heavy (non-hydrogen) atoms. The first-order valence-electron chi connectivity index (χ1n) is 8.86. The Morgan fingerprint density at radius 3 is 1.66 bits per heavy atom. The smallest absolute Gasteiger partial charge is 0.297 e. The average molecular weight is 443 g/mol. The van der Waals surface area contributed by atoms with Gasteiger partial charge in [0.25, 0.3) is 20.2 Å². The molecule has 1 heterocycles. The summed E-state index contributed by atoms with van der Waals surface area (Å²) in [5.74, 6) is 0. The summed E-state index contributed by atoms with van der Waals surface area (Å²) in [6.07, 6.45) is -4.05. The number of hydrogen-bond donors (Lipinski definition) is 1. The van der Waals surface area contributed by atoms with E-state index in [1.54, 1.807) is 24.3 Å². The second-order valence-electron chi connectivity index (χ2n) is 6.83. The van der Waals surface area contributed by atoms with Gasteiger partial charge in [-0.3, -0.25) is 8.37 Å². The van der Waals surface area contributed by atoms with Crippen LogP contribution in [-0.4, -0.2) is 47.0 Å². The Morgan fingerprint density at radius 2 is 1.21 bits per heavy atom. The van der Waals surface area contributed by atoms with Gasteiger partial charge < -0.3 is 9.84 Å². The van der Waals surface area contributed by atoms with E-state index in [-0.39, 0.29) is 22.8 Å². The molecule has 1 aliphatic heterocycles. The lowest BCUT2D eigenvalue weighted by atomic mass is 10.1. The third kappa shape index (κ3) is 5.41. The number of ether oxygens (including phenoxy) is 1. The third-order valence-electron chi connectivity index (χ3n) is 4.42. The summed E-state index contributed by atoms with van der Waals surface area (Å²) in [4.78, 5) is -0.154. The van der Waals surface area contributed by atoms with Crippen molar-refractivity contribution in [2.24, 2.45) is 0 Å². The van der Waals surface area contributed by atoms with E-state index < -0.39 is 38.7 Å². The van der Waals surface area contributed by atoms with Crippen LogP contribution in [0.1, 0.15) is 17.5 Å². The second-order valence-corrected chi connectivity index (χ2v) is 9.97. The number of aliphatic hydroxyl groups is 1. The second kappa shape index (κ2) is 8.50. The SMILES string of the molecule is Cc1ccc(S(=O)(=O)O[C@H]2C[C@H](O)OC[C@H]2OS(=O)(=O)c2ccc(C)cc2)cc1. The Bertz CT molecular complexity index is 1040. The minimum Gasteiger partial charge on any atom is -0.368 e. The highest BCUT2D eigenvalue weighted by Gasteiger charge is 2.39. The molecule has 0 unspecified atom stereocenters. The van der Waals surface area contributed by atoms with Crippen LogP contribution in [0, 0.1) is 13.8 Å². The van der Waals surface area contributed by atoms with Crippen LogP contribution in [0.5, 0.6) is 0 Å². The van der Waals surface area contributed by atoms with E-state index in [9.17, 15) is 21.9 Å². The monoisotopic (exact) mass is 442 g/mol. The molecule has 0 spiro atoms. The molecule has 3 rings (SSSR count). The predicted octanol–water partition coefficient (Wildman–Crippen LogP) is 1.89. The molecular formula is C19H22O8S2. The fourth-order valence-electron chi connectivity index (χ4n) is 2.77. The first kappa shape index (κ1) is 21.9. The highest BCUT2D eigenvalue weighted by molar-refractivity contribution is 7.87. The van der Waals surface area contributed by atoms with Crippen molar-refractivity contribution < 1.29 is 35.0 Å². The summed E-state index contributed by atoms with van der Waals surface area (Å²) in [6.45, 7) is 3.28. The molecule has 158 valence electrons. The maximum Gasteiger partial charge on any atom is 0.297 e. The van der Waals surface area contributed by atoms with Gasteiger partial charge in [0.2, 0.25) is 0 Å². The number of aliphatic hydroxyl groups excluding tert-OH is 1. The summed E-state index contributed by atoms with van der Waals surface area (Å²) in [6, 6.07) is 12.0. The Hall–Kier alpha value is -1.82. The lowest BCUT2D eigenvalue weighted by molar-refractivity contribution is -0.181. The van der Waals surface area contributed by atoms with Crippen LogP contribution in [-0.2, 0) is 33.3 Å². The van der Waals surface area contributed by atoms with Gasteiger partial charge in [-0.05, 0) is 38.1 Å². The van der Waals surface area contributed by atoms with Crippen molar-refractivity contribution in [2.75, 3.05) is 6.61 Å². The molecule has 8 nitrogen and oxygen atoms in total. The normalized spacial score (nSPS) is 23.1. The molecule has 0 bridgehead atoms. The van der Waals surface area contributed by atoms with Crippen molar-refractivity contribution in [3.05, 3.63) is 59.7 Å². The molecule has 1 saturated heterocycles. The van der Waals surface area contributed by atoms with E-state index in [4.69, 9.17) is 13.1 Å². The number of benzene rings is 2. The zero-order chi connectivity index (χ0) is 21.2. The Morgan fingerprint density at radius 1 is 0.793 bits per heavy atom. The molecule has 1 fully saturated rings. The van der Waals surface area contributed by atoms with Crippen molar-refractivity contribution in [3.8, 4) is 0 Å². The molecule has 0 aliphatic carbocycles. The molecule has 0 aromatic heterocycles. The van der Waals surface area contributed by atoms with Gasteiger partial charge in [-0.2, -0.15) is 16.8 Å². The van der Waals surface area contributed by atoms with Crippen LogP contribution < -0.4 is 0 Å². The fraction of sp³-hybridized carbons (Fsp3) is 0.368. The van der Waals surface area contributed by atoms with Crippen molar-refractivity contribution in [1.29, 1.82) is 0 Å². The Labute approximate surface area is 170 Å². The predicted molar refractivity (Wildman–Crippen MR) is 103 cm³/mol. The van der Waals surface area contributed by atoms with Crippen LogP contribution in [0.15, 0.2) is 58.3 Å². The van der Waals surface area contributed by atoms with Gasteiger partial charge in [0.1, 0.15) is 12.2 Å². The van der Waals surface area contributed by atoms with E-state index in [1.165, 1.54) is 24.3 Å². The molecule has 1 N–H and O–H groups in total. The lowest BCUT2D eigenvalue weighted by Gasteiger charge is -2.32. The first-order chi connectivity index (χ1) is 13.6. The van der Waals surface area contributed by atoms with Crippen LogP contribution in [0.4, 0.5) is 0 Å². The van der Waals surface area contributed by atoms with Gasteiger partial charge in [0.15, 0.2) is 6.29 Å². The average Bonchev–Trinajstić information content (AvgIpc) is 2.64. The number of aryl methyl sites for hydroxylation is 2. The quantitative estimate of drug-likeness (QED) is 0.674. The zero-order valence-corrected chi connectivity index (χ0v) is 17.5. The molecule has 0 amide bonds. The van der Waals surface area contributed by atoms with Crippen molar-refractivity contribution in [2.45, 2.75) is 48.6 Å². The van der Waals surface area contributed by atoms with Crippen LogP contribution in [0.3, 0.4) is 0 Å². The fourth-order valence-corrected chi connectivity index (χ4v) is 4.96. The third-order valence-corrected chi connectivity index (χ3v) is 7.12. The van der Waals surface area contributed by atoms with Gasteiger partial charge in [-0.1, -0.05) is 35.4 Å². The largest absolute Gasteiger partial charge is 0.368 e. The molecule has 0 radical (unpaired) electrons.